The highest BCUT2D eigenvalue weighted by molar-refractivity contribution is 4.97. The summed E-state index contributed by atoms with van der Waals surface area (Å²) in [6.07, 6.45) is 6.79. The highest BCUT2D eigenvalue weighted by atomic mass is 16.5. The Morgan fingerprint density at radius 2 is 1.81 bits per heavy atom. The molecule has 2 fully saturated rings. The molecule has 94 valence electrons. The summed E-state index contributed by atoms with van der Waals surface area (Å²) in [7, 11) is 0. The summed E-state index contributed by atoms with van der Waals surface area (Å²) in [5.74, 6) is 0. The van der Waals surface area contributed by atoms with Gasteiger partial charge in [0.2, 0.25) is 0 Å². The third-order valence-corrected chi connectivity index (χ3v) is 3.96. The van der Waals surface area contributed by atoms with Crippen LogP contribution < -0.4 is 5.32 Å². The van der Waals surface area contributed by atoms with Crippen LogP contribution in [-0.2, 0) is 4.74 Å². The molecule has 2 rings (SSSR count). The summed E-state index contributed by atoms with van der Waals surface area (Å²) >= 11 is 0. The summed E-state index contributed by atoms with van der Waals surface area (Å²) in [5.41, 5.74) is -0.554. The first-order valence-corrected chi connectivity index (χ1v) is 6.71. The van der Waals surface area contributed by atoms with Crippen molar-refractivity contribution in [3.8, 4) is 0 Å². The first-order chi connectivity index (χ1) is 7.60. The molecule has 2 aliphatic heterocycles. The Morgan fingerprint density at radius 1 is 1.12 bits per heavy atom. The van der Waals surface area contributed by atoms with E-state index in [4.69, 9.17) is 4.74 Å². The van der Waals surface area contributed by atoms with Crippen molar-refractivity contribution in [3.63, 3.8) is 0 Å². The lowest BCUT2D eigenvalue weighted by Gasteiger charge is -2.44. The summed E-state index contributed by atoms with van der Waals surface area (Å²) < 4.78 is 5.72. The number of ether oxygens (including phenoxy) is 1. The van der Waals surface area contributed by atoms with E-state index in [-0.39, 0.29) is 18.2 Å². The molecule has 2 heterocycles. The van der Waals surface area contributed by atoms with Crippen molar-refractivity contribution in [2.75, 3.05) is 6.54 Å². The SMILES string of the molecule is CC1CC(O)(C2CCCCCN2)CC(C)O1. The predicted molar refractivity (Wildman–Crippen MR) is 64.5 cm³/mol. The molecule has 0 spiro atoms. The number of hydrogen-bond donors (Lipinski definition) is 2. The molecular weight excluding hydrogens is 202 g/mol. The maximum atomic E-state index is 10.8. The Balaban J connectivity index is 2.03. The number of aliphatic hydroxyl groups is 1. The third kappa shape index (κ3) is 2.76. The number of hydrogen-bond acceptors (Lipinski definition) is 3. The second-order valence-electron chi connectivity index (χ2n) is 5.63. The molecule has 0 aromatic heterocycles. The van der Waals surface area contributed by atoms with Crippen molar-refractivity contribution < 1.29 is 9.84 Å². The van der Waals surface area contributed by atoms with Gasteiger partial charge in [0, 0.05) is 18.9 Å². The molecule has 0 bridgehead atoms. The van der Waals surface area contributed by atoms with E-state index in [0.717, 1.165) is 25.8 Å². The van der Waals surface area contributed by atoms with Gasteiger partial charge in [-0.1, -0.05) is 12.8 Å². The first-order valence-electron chi connectivity index (χ1n) is 6.71. The minimum absolute atomic E-state index is 0.179. The van der Waals surface area contributed by atoms with Gasteiger partial charge in [0.1, 0.15) is 0 Å². The average molecular weight is 227 g/mol. The zero-order chi connectivity index (χ0) is 11.6. The maximum Gasteiger partial charge on any atom is 0.0849 e. The van der Waals surface area contributed by atoms with Crippen molar-refractivity contribution in [3.05, 3.63) is 0 Å². The molecule has 0 radical (unpaired) electrons. The Morgan fingerprint density at radius 3 is 2.50 bits per heavy atom. The molecule has 2 N–H and O–H groups in total. The van der Waals surface area contributed by atoms with Crippen LogP contribution in [0.15, 0.2) is 0 Å². The Labute approximate surface area is 98.6 Å². The van der Waals surface area contributed by atoms with Crippen molar-refractivity contribution in [2.24, 2.45) is 0 Å². The second kappa shape index (κ2) is 5.03. The van der Waals surface area contributed by atoms with Gasteiger partial charge in [0.25, 0.3) is 0 Å². The number of nitrogens with one attached hydrogen (secondary N) is 1. The average Bonchev–Trinajstić information content (AvgIpc) is 2.43. The normalized spacial score (nSPS) is 46.3. The fourth-order valence-corrected chi connectivity index (χ4v) is 3.34. The fraction of sp³-hybridized carbons (Fsp3) is 1.00. The lowest BCUT2D eigenvalue weighted by atomic mass is 9.80. The zero-order valence-electron chi connectivity index (χ0n) is 10.5. The van der Waals surface area contributed by atoms with Gasteiger partial charge in [-0.05, 0) is 33.2 Å². The quantitative estimate of drug-likeness (QED) is 0.718. The van der Waals surface area contributed by atoms with Gasteiger partial charge in [-0.3, -0.25) is 0 Å². The molecule has 0 aliphatic carbocycles. The summed E-state index contributed by atoms with van der Waals surface area (Å²) in [6.45, 7) is 5.19. The number of rotatable bonds is 1. The van der Waals surface area contributed by atoms with Gasteiger partial charge in [-0.2, -0.15) is 0 Å². The van der Waals surface area contributed by atoms with E-state index >= 15 is 0 Å². The van der Waals surface area contributed by atoms with E-state index in [1.54, 1.807) is 0 Å². The molecule has 2 aliphatic rings. The fourth-order valence-electron chi connectivity index (χ4n) is 3.34. The van der Waals surface area contributed by atoms with Crippen LogP contribution >= 0.6 is 0 Å². The molecule has 3 heteroatoms. The van der Waals surface area contributed by atoms with E-state index in [1.807, 2.05) is 0 Å². The maximum absolute atomic E-state index is 10.8. The van der Waals surface area contributed by atoms with Crippen LogP contribution in [0, 0.1) is 0 Å². The van der Waals surface area contributed by atoms with Crippen LogP contribution in [-0.4, -0.2) is 35.5 Å². The molecule has 3 unspecified atom stereocenters. The standard InChI is InChI=1S/C13H25NO2/c1-10-8-13(15,9-11(2)16-10)12-6-4-3-5-7-14-12/h10-12,14-15H,3-9H2,1-2H3. The molecule has 0 aromatic rings. The molecule has 0 aromatic carbocycles. The summed E-state index contributed by atoms with van der Waals surface area (Å²) in [4.78, 5) is 0. The van der Waals surface area contributed by atoms with Gasteiger partial charge in [0.05, 0.1) is 17.8 Å². The van der Waals surface area contributed by atoms with E-state index in [2.05, 4.69) is 19.2 Å². The molecule has 2 saturated heterocycles. The van der Waals surface area contributed by atoms with Crippen LogP contribution in [0.25, 0.3) is 0 Å². The topological polar surface area (TPSA) is 41.5 Å². The van der Waals surface area contributed by atoms with E-state index in [0.29, 0.717) is 0 Å². The van der Waals surface area contributed by atoms with Crippen molar-refractivity contribution >= 4 is 0 Å². The monoisotopic (exact) mass is 227 g/mol. The molecule has 0 saturated carbocycles. The molecule has 3 nitrogen and oxygen atoms in total. The van der Waals surface area contributed by atoms with Gasteiger partial charge >= 0.3 is 0 Å². The van der Waals surface area contributed by atoms with E-state index in [1.165, 1.54) is 19.3 Å². The van der Waals surface area contributed by atoms with Crippen LogP contribution in [0.4, 0.5) is 0 Å². The molecule has 16 heavy (non-hydrogen) atoms. The molecular formula is C13H25NO2. The van der Waals surface area contributed by atoms with Gasteiger partial charge in [0.15, 0.2) is 0 Å². The van der Waals surface area contributed by atoms with Gasteiger partial charge in [-0.15, -0.1) is 0 Å². The first kappa shape index (κ1) is 12.3. The lowest BCUT2D eigenvalue weighted by molar-refractivity contribution is -0.145. The second-order valence-corrected chi connectivity index (χ2v) is 5.63. The minimum Gasteiger partial charge on any atom is -0.388 e. The van der Waals surface area contributed by atoms with Crippen LogP contribution in [0.3, 0.4) is 0 Å². The van der Waals surface area contributed by atoms with Crippen molar-refractivity contribution in [2.45, 2.75) is 76.2 Å². The highest BCUT2D eigenvalue weighted by Gasteiger charge is 2.42. The predicted octanol–water partition coefficient (Wildman–Crippen LogP) is 1.84. The highest BCUT2D eigenvalue weighted by Crippen LogP contribution is 2.34. The van der Waals surface area contributed by atoms with Crippen molar-refractivity contribution in [1.82, 2.24) is 5.32 Å². The molecule has 0 amide bonds. The Hall–Kier alpha value is -0.120. The van der Waals surface area contributed by atoms with Crippen LogP contribution in [0.2, 0.25) is 0 Å². The summed E-state index contributed by atoms with van der Waals surface area (Å²) in [5, 5.41) is 14.3. The zero-order valence-corrected chi connectivity index (χ0v) is 10.5. The van der Waals surface area contributed by atoms with E-state index in [9.17, 15) is 5.11 Å². The Bertz CT molecular complexity index is 214. The van der Waals surface area contributed by atoms with Crippen LogP contribution in [0.1, 0.15) is 52.4 Å². The van der Waals surface area contributed by atoms with Crippen LogP contribution in [0.5, 0.6) is 0 Å². The van der Waals surface area contributed by atoms with Gasteiger partial charge in [-0.25, -0.2) is 0 Å². The summed E-state index contributed by atoms with van der Waals surface area (Å²) in [6, 6.07) is 0.267. The smallest absolute Gasteiger partial charge is 0.0849 e. The Kier molecular flexibility index (Phi) is 3.88. The van der Waals surface area contributed by atoms with E-state index < -0.39 is 5.60 Å². The minimum atomic E-state index is -0.554. The third-order valence-electron chi connectivity index (χ3n) is 3.96. The van der Waals surface area contributed by atoms with Crippen molar-refractivity contribution in [1.29, 1.82) is 0 Å². The largest absolute Gasteiger partial charge is 0.388 e. The molecule has 3 atom stereocenters. The lowest BCUT2D eigenvalue weighted by Crippen LogP contribution is -2.56. The van der Waals surface area contributed by atoms with Gasteiger partial charge < -0.3 is 15.2 Å².